The normalized spacial score (nSPS) is 10.5. The summed E-state index contributed by atoms with van der Waals surface area (Å²) >= 11 is 3.46. The Bertz CT molecular complexity index is 380. The van der Waals surface area contributed by atoms with E-state index >= 15 is 0 Å². The van der Waals surface area contributed by atoms with Crippen molar-refractivity contribution in [2.24, 2.45) is 0 Å². The standard InChI is InChI=1S/C15H23BrO3/c1-3-4-5-6-7-8-19-15-13(16)9-12(11-17)10-14(15)18-2/h9-10,17H,3-8,11H2,1-2H3. The van der Waals surface area contributed by atoms with Crippen LogP contribution in [-0.2, 0) is 6.61 Å². The van der Waals surface area contributed by atoms with Gasteiger partial charge in [-0.05, 0) is 40.0 Å². The SMILES string of the molecule is CCCCCCCOc1c(Br)cc(CO)cc1OC. The van der Waals surface area contributed by atoms with Crippen LogP contribution in [0.25, 0.3) is 0 Å². The Morgan fingerprint density at radius 2 is 1.89 bits per heavy atom. The summed E-state index contributed by atoms with van der Waals surface area (Å²) in [6, 6.07) is 3.66. The summed E-state index contributed by atoms with van der Waals surface area (Å²) in [6.45, 7) is 2.89. The van der Waals surface area contributed by atoms with Crippen LogP contribution in [-0.4, -0.2) is 18.8 Å². The van der Waals surface area contributed by atoms with E-state index in [4.69, 9.17) is 14.6 Å². The zero-order valence-electron chi connectivity index (χ0n) is 11.7. The van der Waals surface area contributed by atoms with Crippen LogP contribution >= 0.6 is 15.9 Å². The van der Waals surface area contributed by atoms with Gasteiger partial charge in [0.2, 0.25) is 0 Å². The largest absolute Gasteiger partial charge is 0.493 e. The molecule has 0 atom stereocenters. The molecule has 1 aromatic carbocycles. The van der Waals surface area contributed by atoms with E-state index < -0.39 is 0 Å². The summed E-state index contributed by atoms with van der Waals surface area (Å²) in [5.41, 5.74) is 0.805. The highest BCUT2D eigenvalue weighted by Crippen LogP contribution is 2.36. The highest BCUT2D eigenvalue weighted by atomic mass is 79.9. The summed E-state index contributed by atoms with van der Waals surface area (Å²) in [5.74, 6) is 1.38. The first-order valence-electron chi connectivity index (χ1n) is 6.83. The molecule has 0 unspecified atom stereocenters. The monoisotopic (exact) mass is 330 g/mol. The van der Waals surface area contributed by atoms with Gasteiger partial charge < -0.3 is 14.6 Å². The predicted molar refractivity (Wildman–Crippen MR) is 80.9 cm³/mol. The number of hydrogen-bond donors (Lipinski definition) is 1. The van der Waals surface area contributed by atoms with Crippen LogP contribution in [0.1, 0.15) is 44.6 Å². The van der Waals surface area contributed by atoms with Gasteiger partial charge in [0.25, 0.3) is 0 Å². The zero-order valence-corrected chi connectivity index (χ0v) is 13.3. The molecule has 108 valence electrons. The maximum Gasteiger partial charge on any atom is 0.175 e. The Balaban J connectivity index is 2.52. The minimum Gasteiger partial charge on any atom is -0.493 e. The van der Waals surface area contributed by atoms with E-state index in [9.17, 15) is 0 Å². The van der Waals surface area contributed by atoms with Crippen LogP contribution < -0.4 is 9.47 Å². The number of hydrogen-bond acceptors (Lipinski definition) is 3. The Morgan fingerprint density at radius 3 is 2.53 bits per heavy atom. The lowest BCUT2D eigenvalue weighted by Gasteiger charge is -2.13. The van der Waals surface area contributed by atoms with E-state index in [2.05, 4.69) is 22.9 Å². The van der Waals surface area contributed by atoms with E-state index in [1.165, 1.54) is 25.7 Å². The summed E-state index contributed by atoms with van der Waals surface area (Å²) in [5, 5.41) is 9.15. The smallest absolute Gasteiger partial charge is 0.175 e. The molecule has 19 heavy (non-hydrogen) atoms. The summed E-state index contributed by atoms with van der Waals surface area (Å²) in [4.78, 5) is 0. The molecular weight excluding hydrogens is 308 g/mol. The third-order valence-electron chi connectivity index (χ3n) is 2.97. The van der Waals surface area contributed by atoms with Gasteiger partial charge in [0.05, 0.1) is 24.8 Å². The van der Waals surface area contributed by atoms with Crippen molar-refractivity contribution in [3.8, 4) is 11.5 Å². The fraction of sp³-hybridized carbons (Fsp3) is 0.600. The molecule has 0 saturated carbocycles. The molecule has 1 N–H and O–H groups in total. The summed E-state index contributed by atoms with van der Waals surface area (Å²) in [6.07, 6.45) is 6.06. The van der Waals surface area contributed by atoms with Crippen molar-refractivity contribution in [2.75, 3.05) is 13.7 Å². The van der Waals surface area contributed by atoms with Gasteiger partial charge in [-0.2, -0.15) is 0 Å². The van der Waals surface area contributed by atoms with Crippen LogP contribution in [0.4, 0.5) is 0 Å². The van der Waals surface area contributed by atoms with Crippen molar-refractivity contribution >= 4 is 15.9 Å². The molecule has 0 fully saturated rings. The third-order valence-corrected chi connectivity index (χ3v) is 3.56. The van der Waals surface area contributed by atoms with E-state index in [1.807, 2.05) is 6.07 Å². The molecule has 0 aliphatic heterocycles. The Morgan fingerprint density at radius 1 is 1.16 bits per heavy atom. The van der Waals surface area contributed by atoms with Gasteiger partial charge in [-0.1, -0.05) is 32.6 Å². The van der Waals surface area contributed by atoms with Gasteiger partial charge in [-0.15, -0.1) is 0 Å². The molecule has 0 aromatic heterocycles. The topological polar surface area (TPSA) is 38.7 Å². The molecule has 0 aliphatic carbocycles. The zero-order chi connectivity index (χ0) is 14.1. The van der Waals surface area contributed by atoms with Crippen LogP contribution in [0, 0.1) is 0 Å². The highest BCUT2D eigenvalue weighted by Gasteiger charge is 2.11. The van der Waals surface area contributed by atoms with Crippen molar-refractivity contribution in [1.29, 1.82) is 0 Å². The van der Waals surface area contributed by atoms with Crippen molar-refractivity contribution < 1.29 is 14.6 Å². The minimum atomic E-state index is -0.00768. The third kappa shape index (κ3) is 5.41. The van der Waals surface area contributed by atoms with E-state index in [-0.39, 0.29) is 6.61 Å². The lowest BCUT2D eigenvalue weighted by Crippen LogP contribution is -2.01. The molecule has 4 heteroatoms. The lowest BCUT2D eigenvalue weighted by atomic mass is 10.2. The number of aliphatic hydroxyl groups excluding tert-OH is 1. The van der Waals surface area contributed by atoms with Gasteiger partial charge >= 0.3 is 0 Å². The molecule has 0 radical (unpaired) electrons. The van der Waals surface area contributed by atoms with Crippen molar-refractivity contribution in [3.63, 3.8) is 0 Å². The molecule has 0 heterocycles. The van der Waals surface area contributed by atoms with Crippen LogP contribution in [0.2, 0.25) is 0 Å². The number of ether oxygens (including phenoxy) is 2. The molecule has 0 aliphatic rings. The second-order valence-corrected chi connectivity index (χ2v) is 5.38. The minimum absolute atomic E-state index is 0.00768. The highest BCUT2D eigenvalue weighted by molar-refractivity contribution is 9.10. The van der Waals surface area contributed by atoms with Crippen molar-refractivity contribution in [1.82, 2.24) is 0 Å². The molecule has 1 aromatic rings. The van der Waals surface area contributed by atoms with Crippen molar-refractivity contribution in [3.05, 3.63) is 22.2 Å². The quantitative estimate of drug-likeness (QED) is 0.686. The first kappa shape index (κ1) is 16.3. The number of aliphatic hydroxyl groups is 1. The number of halogens is 1. The number of methoxy groups -OCH3 is 1. The number of benzene rings is 1. The number of unbranched alkanes of at least 4 members (excludes halogenated alkanes) is 4. The molecule has 0 bridgehead atoms. The first-order chi connectivity index (χ1) is 9.22. The van der Waals surface area contributed by atoms with Crippen LogP contribution in [0.15, 0.2) is 16.6 Å². The van der Waals surface area contributed by atoms with E-state index in [0.29, 0.717) is 12.4 Å². The predicted octanol–water partition coefficient (Wildman–Crippen LogP) is 4.30. The molecule has 0 amide bonds. The fourth-order valence-corrected chi connectivity index (χ4v) is 2.49. The van der Waals surface area contributed by atoms with Gasteiger partial charge in [-0.3, -0.25) is 0 Å². The fourth-order valence-electron chi connectivity index (χ4n) is 1.88. The second-order valence-electron chi connectivity index (χ2n) is 4.53. The van der Waals surface area contributed by atoms with Crippen molar-refractivity contribution in [2.45, 2.75) is 45.6 Å². The second kappa shape index (κ2) is 9.21. The average Bonchev–Trinajstić information content (AvgIpc) is 2.43. The molecule has 3 nitrogen and oxygen atoms in total. The van der Waals surface area contributed by atoms with Crippen LogP contribution in [0.5, 0.6) is 11.5 Å². The molecule has 0 spiro atoms. The molecule has 1 rings (SSSR count). The van der Waals surface area contributed by atoms with Gasteiger partial charge in [0, 0.05) is 0 Å². The van der Waals surface area contributed by atoms with Gasteiger partial charge in [-0.25, -0.2) is 0 Å². The Kier molecular flexibility index (Phi) is 7.91. The number of rotatable bonds is 9. The van der Waals surface area contributed by atoms with E-state index in [1.54, 1.807) is 13.2 Å². The average molecular weight is 331 g/mol. The summed E-state index contributed by atoms with van der Waals surface area (Å²) < 4.78 is 11.9. The van der Waals surface area contributed by atoms with E-state index in [0.717, 1.165) is 22.2 Å². The van der Waals surface area contributed by atoms with Gasteiger partial charge in [0.15, 0.2) is 11.5 Å². The van der Waals surface area contributed by atoms with Crippen LogP contribution in [0.3, 0.4) is 0 Å². The lowest BCUT2D eigenvalue weighted by molar-refractivity contribution is 0.273. The molecule has 0 saturated heterocycles. The Labute approximate surface area is 124 Å². The maximum absolute atomic E-state index is 9.15. The first-order valence-corrected chi connectivity index (χ1v) is 7.62. The Hall–Kier alpha value is -0.740. The summed E-state index contributed by atoms with van der Waals surface area (Å²) in [7, 11) is 1.61. The molecular formula is C15H23BrO3. The van der Waals surface area contributed by atoms with Gasteiger partial charge in [0.1, 0.15) is 0 Å². The maximum atomic E-state index is 9.15.